The van der Waals surface area contributed by atoms with Gasteiger partial charge >= 0.3 is 0 Å². The molecule has 0 radical (unpaired) electrons. The maximum atomic E-state index is 13.1. The first kappa shape index (κ1) is 18.5. The van der Waals surface area contributed by atoms with Crippen molar-refractivity contribution in [2.75, 3.05) is 13.1 Å². The smallest absolute Gasteiger partial charge is 0.254 e. The van der Waals surface area contributed by atoms with E-state index < -0.39 is 0 Å². The summed E-state index contributed by atoms with van der Waals surface area (Å²) in [4.78, 5) is 32.0. The van der Waals surface area contributed by atoms with Crippen molar-refractivity contribution in [1.82, 2.24) is 20.6 Å². The number of halogens is 1. The third-order valence-electron chi connectivity index (χ3n) is 3.52. The number of hydrogen-bond donors (Lipinski definition) is 2. The van der Waals surface area contributed by atoms with Gasteiger partial charge in [0.05, 0.1) is 17.7 Å². The van der Waals surface area contributed by atoms with E-state index >= 15 is 0 Å². The fourth-order valence-corrected chi connectivity index (χ4v) is 2.34. The molecule has 0 aliphatic carbocycles. The number of carbonyl (C=O) groups is 2. The quantitative estimate of drug-likeness (QED) is 0.751. The third kappa shape index (κ3) is 5.63. The van der Waals surface area contributed by atoms with Crippen LogP contribution in [0, 0.1) is 5.82 Å². The van der Waals surface area contributed by atoms with Gasteiger partial charge in [-0.25, -0.2) is 14.4 Å². The highest BCUT2D eigenvalue weighted by Gasteiger charge is 2.14. The molecular weight excluding hydrogens is 323 g/mol. The molecule has 0 atom stereocenters. The van der Waals surface area contributed by atoms with E-state index in [1.54, 1.807) is 12.1 Å². The van der Waals surface area contributed by atoms with Crippen LogP contribution in [0.15, 0.2) is 36.8 Å². The zero-order valence-electron chi connectivity index (χ0n) is 14.3. The molecule has 132 valence electrons. The Morgan fingerprint density at radius 1 is 1.20 bits per heavy atom. The van der Waals surface area contributed by atoms with E-state index in [1.165, 1.54) is 24.7 Å². The summed E-state index contributed by atoms with van der Waals surface area (Å²) in [6.45, 7) is 4.46. The number of carbonyl (C=O) groups excluding carboxylic acids is 2. The highest BCUT2D eigenvalue weighted by Crippen LogP contribution is 2.15. The van der Waals surface area contributed by atoms with Crippen LogP contribution in [0.3, 0.4) is 0 Å². The lowest BCUT2D eigenvalue weighted by atomic mass is 10.0. The standard InChI is InChI=1S/C18H21FN4O2/c1-12(2)17-15(10-20-11-23-17)18(25)22-7-6-21-16(24)9-13-4-3-5-14(19)8-13/h3-5,8,10-12H,6-7,9H2,1-2H3,(H,21,24)(H,22,25). The Morgan fingerprint density at radius 3 is 2.68 bits per heavy atom. The predicted molar refractivity (Wildman–Crippen MR) is 91.6 cm³/mol. The van der Waals surface area contributed by atoms with E-state index in [1.807, 2.05) is 13.8 Å². The molecule has 0 aliphatic heterocycles. The fourth-order valence-electron chi connectivity index (χ4n) is 2.34. The topological polar surface area (TPSA) is 84.0 Å². The van der Waals surface area contributed by atoms with Crippen molar-refractivity contribution in [2.24, 2.45) is 0 Å². The van der Waals surface area contributed by atoms with Gasteiger partial charge in [-0.15, -0.1) is 0 Å². The van der Waals surface area contributed by atoms with Gasteiger partial charge in [0.1, 0.15) is 12.1 Å². The van der Waals surface area contributed by atoms with Crippen LogP contribution in [0.1, 0.15) is 41.4 Å². The minimum atomic E-state index is -0.372. The zero-order chi connectivity index (χ0) is 18.2. The van der Waals surface area contributed by atoms with E-state index in [2.05, 4.69) is 20.6 Å². The summed E-state index contributed by atoms with van der Waals surface area (Å²) in [6, 6.07) is 5.90. The summed E-state index contributed by atoms with van der Waals surface area (Å²) in [5.74, 6) is -0.771. The van der Waals surface area contributed by atoms with Gasteiger partial charge in [-0.05, 0) is 23.6 Å². The van der Waals surface area contributed by atoms with Crippen molar-refractivity contribution in [3.05, 3.63) is 59.4 Å². The number of amides is 2. The average Bonchev–Trinajstić information content (AvgIpc) is 2.58. The summed E-state index contributed by atoms with van der Waals surface area (Å²) in [7, 11) is 0. The van der Waals surface area contributed by atoms with Gasteiger partial charge in [0.25, 0.3) is 5.91 Å². The van der Waals surface area contributed by atoms with Gasteiger partial charge in [-0.3, -0.25) is 9.59 Å². The van der Waals surface area contributed by atoms with Gasteiger partial charge in [-0.2, -0.15) is 0 Å². The summed E-state index contributed by atoms with van der Waals surface area (Å²) < 4.78 is 13.1. The number of nitrogens with zero attached hydrogens (tertiary/aromatic N) is 2. The first-order valence-electron chi connectivity index (χ1n) is 8.06. The Hall–Kier alpha value is -2.83. The molecule has 0 aliphatic rings. The van der Waals surface area contributed by atoms with E-state index in [-0.39, 0.29) is 43.1 Å². The molecule has 0 saturated carbocycles. The lowest BCUT2D eigenvalue weighted by Gasteiger charge is -2.11. The van der Waals surface area contributed by atoms with Gasteiger partial charge in [0.15, 0.2) is 0 Å². The zero-order valence-corrected chi connectivity index (χ0v) is 14.3. The van der Waals surface area contributed by atoms with Crippen LogP contribution in [0.25, 0.3) is 0 Å². The highest BCUT2D eigenvalue weighted by atomic mass is 19.1. The summed E-state index contributed by atoms with van der Waals surface area (Å²) in [6.07, 6.45) is 2.99. The number of benzene rings is 1. The molecule has 1 aromatic carbocycles. The lowest BCUT2D eigenvalue weighted by molar-refractivity contribution is -0.120. The van der Waals surface area contributed by atoms with Crippen LogP contribution in [0.2, 0.25) is 0 Å². The molecule has 1 heterocycles. The maximum Gasteiger partial charge on any atom is 0.254 e. The summed E-state index contributed by atoms with van der Waals surface area (Å²) in [5.41, 5.74) is 1.72. The monoisotopic (exact) mass is 344 g/mol. The number of hydrogen-bond acceptors (Lipinski definition) is 4. The summed E-state index contributed by atoms with van der Waals surface area (Å²) in [5, 5.41) is 5.42. The third-order valence-corrected chi connectivity index (χ3v) is 3.52. The molecule has 25 heavy (non-hydrogen) atoms. The normalized spacial score (nSPS) is 10.6. The number of nitrogens with one attached hydrogen (secondary N) is 2. The fraction of sp³-hybridized carbons (Fsp3) is 0.333. The predicted octanol–water partition coefficient (Wildman–Crippen LogP) is 1.83. The Morgan fingerprint density at radius 2 is 1.96 bits per heavy atom. The van der Waals surface area contributed by atoms with Crippen molar-refractivity contribution >= 4 is 11.8 Å². The van der Waals surface area contributed by atoms with Crippen molar-refractivity contribution in [3.63, 3.8) is 0 Å². The van der Waals surface area contributed by atoms with Crippen LogP contribution in [0.5, 0.6) is 0 Å². The molecule has 2 aromatic rings. The molecule has 1 aromatic heterocycles. The Labute approximate surface area is 145 Å². The molecule has 0 saturated heterocycles. The van der Waals surface area contributed by atoms with Crippen molar-refractivity contribution in [2.45, 2.75) is 26.2 Å². The minimum Gasteiger partial charge on any atom is -0.354 e. The molecule has 0 bridgehead atoms. The van der Waals surface area contributed by atoms with Crippen molar-refractivity contribution in [3.8, 4) is 0 Å². The molecule has 6 nitrogen and oxygen atoms in total. The van der Waals surface area contributed by atoms with E-state index in [0.29, 0.717) is 16.8 Å². The van der Waals surface area contributed by atoms with E-state index in [9.17, 15) is 14.0 Å². The van der Waals surface area contributed by atoms with Crippen LogP contribution < -0.4 is 10.6 Å². The molecule has 2 N–H and O–H groups in total. The van der Waals surface area contributed by atoms with Crippen LogP contribution >= 0.6 is 0 Å². The van der Waals surface area contributed by atoms with Crippen LogP contribution in [-0.4, -0.2) is 34.9 Å². The van der Waals surface area contributed by atoms with Gasteiger partial charge in [0.2, 0.25) is 5.91 Å². The van der Waals surface area contributed by atoms with Crippen LogP contribution in [0.4, 0.5) is 4.39 Å². The first-order valence-corrected chi connectivity index (χ1v) is 8.06. The number of aromatic nitrogens is 2. The van der Waals surface area contributed by atoms with Crippen molar-refractivity contribution in [1.29, 1.82) is 0 Å². The second-order valence-electron chi connectivity index (χ2n) is 5.89. The molecule has 0 fully saturated rings. The number of rotatable bonds is 7. The van der Waals surface area contributed by atoms with Gasteiger partial charge in [-0.1, -0.05) is 26.0 Å². The largest absolute Gasteiger partial charge is 0.354 e. The molecule has 2 amide bonds. The Kier molecular flexibility index (Phi) is 6.56. The van der Waals surface area contributed by atoms with Gasteiger partial charge < -0.3 is 10.6 Å². The molecule has 0 spiro atoms. The van der Waals surface area contributed by atoms with E-state index in [0.717, 1.165) is 0 Å². The minimum absolute atomic E-state index is 0.0930. The van der Waals surface area contributed by atoms with Crippen molar-refractivity contribution < 1.29 is 14.0 Å². The maximum absolute atomic E-state index is 13.1. The molecule has 0 unspecified atom stereocenters. The first-order chi connectivity index (χ1) is 12.0. The highest BCUT2D eigenvalue weighted by molar-refractivity contribution is 5.95. The Bertz CT molecular complexity index is 749. The van der Waals surface area contributed by atoms with E-state index in [4.69, 9.17) is 0 Å². The molecule has 2 rings (SSSR count). The second kappa shape index (κ2) is 8.86. The average molecular weight is 344 g/mol. The van der Waals surface area contributed by atoms with Crippen LogP contribution in [-0.2, 0) is 11.2 Å². The lowest BCUT2D eigenvalue weighted by Crippen LogP contribution is -2.35. The second-order valence-corrected chi connectivity index (χ2v) is 5.89. The SMILES string of the molecule is CC(C)c1ncncc1C(=O)NCCNC(=O)Cc1cccc(F)c1. The summed E-state index contributed by atoms with van der Waals surface area (Å²) >= 11 is 0. The molecular formula is C18H21FN4O2. The van der Waals surface area contributed by atoms with Gasteiger partial charge in [0, 0.05) is 19.3 Å². The Balaban J connectivity index is 1.77. The molecule has 7 heteroatoms.